The first kappa shape index (κ1) is 7.91. The predicted octanol–water partition coefficient (Wildman–Crippen LogP) is 0.652. The van der Waals surface area contributed by atoms with Gasteiger partial charge in [-0.2, -0.15) is 5.10 Å². The maximum absolute atomic E-state index is 5.27. The minimum Gasteiger partial charge on any atom is -0.366 e. The van der Waals surface area contributed by atoms with E-state index in [2.05, 4.69) is 29.0 Å². The summed E-state index contributed by atoms with van der Waals surface area (Å²) in [5.74, 6) is 0.812. The van der Waals surface area contributed by atoms with Gasteiger partial charge in [-0.25, -0.2) is 4.98 Å². The largest absolute Gasteiger partial charge is 0.366 e. The molecule has 0 bridgehead atoms. The van der Waals surface area contributed by atoms with Gasteiger partial charge in [0.2, 0.25) is 5.95 Å². The van der Waals surface area contributed by atoms with Crippen molar-refractivity contribution in [3.05, 3.63) is 11.9 Å². The summed E-state index contributed by atoms with van der Waals surface area (Å²) >= 11 is 0. The first-order valence-corrected chi connectivity index (χ1v) is 3.62. The van der Waals surface area contributed by atoms with Crippen molar-refractivity contribution in [1.82, 2.24) is 15.2 Å². The van der Waals surface area contributed by atoms with Gasteiger partial charge in [-0.1, -0.05) is 13.8 Å². The van der Waals surface area contributed by atoms with Crippen molar-refractivity contribution in [2.75, 3.05) is 5.73 Å². The van der Waals surface area contributed by atoms with E-state index < -0.39 is 0 Å². The zero-order valence-corrected chi connectivity index (χ0v) is 6.78. The molecule has 0 spiro atoms. The SMILES string of the molecule is CC(C)Cc1cnc(N)nn1. The fraction of sp³-hybridized carbons (Fsp3) is 0.571. The second-order valence-corrected chi connectivity index (χ2v) is 2.91. The molecule has 60 valence electrons. The maximum Gasteiger partial charge on any atom is 0.240 e. The summed E-state index contributed by atoms with van der Waals surface area (Å²) in [5.41, 5.74) is 6.17. The van der Waals surface area contributed by atoms with Gasteiger partial charge in [0.25, 0.3) is 0 Å². The summed E-state index contributed by atoms with van der Waals surface area (Å²) in [6.45, 7) is 4.25. The molecule has 11 heavy (non-hydrogen) atoms. The van der Waals surface area contributed by atoms with Crippen molar-refractivity contribution in [3.8, 4) is 0 Å². The third kappa shape index (κ3) is 2.49. The highest BCUT2D eigenvalue weighted by Gasteiger charge is 1.99. The summed E-state index contributed by atoms with van der Waals surface area (Å²) in [6, 6.07) is 0. The molecule has 1 heterocycles. The number of nitrogen functional groups attached to an aromatic ring is 1. The highest BCUT2D eigenvalue weighted by atomic mass is 15.2. The Hall–Kier alpha value is -1.19. The lowest BCUT2D eigenvalue weighted by molar-refractivity contribution is 0.625. The van der Waals surface area contributed by atoms with Gasteiger partial charge in [0.1, 0.15) is 0 Å². The molecule has 0 aromatic carbocycles. The van der Waals surface area contributed by atoms with E-state index in [9.17, 15) is 0 Å². The Balaban J connectivity index is 2.66. The Labute approximate surface area is 65.9 Å². The zero-order valence-electron chi connectivity index (χ0n) is 6.78. The van der Waals surface area contributed by atoms with E-state index in [1.165, 1.54) is 0 Å². The molecule has 1 aromatic heterocycles. The molecule has 1 rings (SSSR count). The third-order valence-electron chi connectivity index (χ3n) is 1.24. The lowest BCUT2D eigenvalue weighted by Crippen LogP contribution is -2.03. The van der Waals surface area contributed by atoms with Crippen molar-refractivity contribution in [2.45, 2.75) is 20.3 Å². The Kier molecular flexibility index (Phi) is 2.36. The van der Waals surface area contributed by atoms with Gasteiger partial charge >= 0.3 is 0 Å². The topological polar surface area (TPSA) is 64.7 Å². The van der Waals surface area contributed by atoms with Crippen LogP contribution in [0.1, 0.15) is 19.5 Å². The fourth-order valence-corrected chi connectivity index (χ4v) is 0.820. The van der Waals surface area contributed by atoms with E-state index in [4.69, 9.17) is 5.73 Å². The number of anilines is 1. The molecule has 2 N–H and O–H groups in total. The van der Waals surface area contributed by atoms with Gasteiger partial charge in [0.15, 0.2) is 0 Å². The van der Waals surface area contributed by atoms with Crippen LogP contribution in [-0.2, 0) is 6.42 Å². The van der Waals surface area contributed by atoms with Crippen LogP contribution in [0.15, 0.2) is 6.20 Å². The molecule has 0 saturated heterocycles. The van der Waals surface area contributed by atoms with Crippen molar-refractivity contribution >= 4 is 5.95 Å². The Morgan fingerprint density at radius 1 is 1.45 bits per heavy atom. The highest BCUT2D eigenvalue weighted by Crippen LogP contribution is 2.02. The monoisotopic (exact) mass is 152 g/mol. The number of hydrogen-bond donors (Lipinski definition) is 1. The number of hydrogen-bond acceptors (Lipinski definition) is 4. The molecule has 0 saturated carbocycles. The van der Waals surface area contributed by atoms with Crippen LogP contribution >= 0.6 is 0 Å². The minimum atomic E-state index is 0.234. The van der Waals surface area contributed by atoms with Crippen LogP contribution < -0.4 is 5.73 Å². The normalized spacial score (nSPS) is 10.5. The molecule has 0 unspecified atom stereocenters. The average Bonchev–Trinajstić information content (AvgIpc) is 1.93. The van der Waals surface area contributed by atoms with Crippen LogP contribution in [0.25, 0.3) is 0 Å². The van der Waals surface area contributed by atoms with Gasteiger partial charge in [-0.15, -0.1) is 5.10 Å². The molecule has 0 amide bonds. The van der Waals surface area contributed by atoms with Crippen molar-refractivity contribution in [1.29, 1.82) is 0 Å². The number of nitrogens with zero attached hydrogens (tertiary/aromatic N) is 3. The molecular formula is C7H12N4. The van der Waals surface area contributed by atoms with Crippen molar-refractivity contribution in [2.24, 2.45) is 5.92 Å². The molecule has 0 atom stereocenters. The van der Waals surface area contributed by atoms with Crippen molar-refractivity contribution < 1.29 is 0 Å². The van der Waals surface area contributed by atoms with E-state index in [1.54, 1.807) is 6.20 Å². The molecule has 4 heteroatoms. The maximum atomic E-state index is 5.27. The smallest absolute Gasteiger partial charge is 0.240 e. The number of rotatable bonds is 2. The molecule has 4 nitrogen and oxygen atoms in total. The Bertz CT molecular complexity index is 216. The van der Waals surface area contributed by atoms with Crippen LogP contribution in [0.5, 0.6) is 0 Å². The quantitative estimate of drug-likeness (QED) is 0.675. The summed E-state index contributed by atoms with van der Waals surface area (Å²) < 4.78 is 0. The lowest BCUT2D eigenvalue weighted by atomic mass is 10.1. The standard InChI is InChI=1S/C7H12N4/c1-5(2)3-6-4-9-7(8)11-10-6/h4-5H,3H2,1-2H3,(H2,8,9,11). The third-order valence-corrected chi connectivity index (χ3v) is 1.24. The van der Waals surface area contributed by atoms with Gasteiger partial charge < -0.3 is 5.73 Å². The summed E-state index contributed by atoms with van der Waals surface area (Å²) in [5, 5.41) is 7.53. The summed E-state index contributed by atoms with van der Waals surface area (Å²) in [4.78, 5) is 3.84. The fourth-order valence-electron chi connectivity index (χ4n) is 0.820. The van der Waals surface area contributed by atoms with E-state index in [1.807, 2.05) is 0 Å². The van der Waals surface area contributed by atoms with Crippen molar-refractivity contribution in [3.63, 3.8) is 0 Å². The summed E-state index contributed by atoms with van der Waals surface area (Å²) in [7, 11) is 0. The highest BCUT2D eigenvalue weighted by molar-refractivity contribution is 5.11. The van der Waals surface area contributed by atoms with Gasteiger partial charge in [-0.05, 0) is 12.3 Å². The Morgan fingerprint density at radius 3 is 2.64 bits per heavy atom. The van der Waals surface area contributed by atoms with E-state index in [0.717, 1.165) is 12.1 Å². The van der Waals surface area contributed by atoms with Gasteiger partial charge in [0, 0.05) is 0 Å². The molecule has 1 aromatic rings. The molecular weight excluding hydrogens is 140 g/mol. The molecule has 0 aliphatic heterocycles. The van der Waals surface area contributed by atoms with E-state index in [0.29, 0.717) is 5.92 Å². The molecule has 0 fully saturated rings. The predicted molar refractivity (Wildman–Crippen MR) is 42.8 cm³/mol. The first-order chi connectivity index (χ1) is 5.18. The average molecular weight is 152 g/mol. The van der Waals surface area contributed by atoms with Gasteiger partial charge in [0.05, 0.1) is 11.9 Å². The van der Waals surface area contributed by atoms with Crippen LogP contribution in [0.3, 0.4) is 0 Å². The van der Waals surface area contributed by atoms with Crippen LogP contribution in [-0.4, -0.2) is 15.2 Å². The summed E-state index contributed by atoms with van der Waals surface area (Å²) in [6.07, 6.45) is 2.57. The van der Waals surface area contributed by atoms with Crippen LogP contribution in [0, 0.1) is 5.92 Å². The van der Waals surface area contributed by atoms with Crippen LogP contribution in [0.4, 0.5) is 5.95 Å². The minimum absolute atomic E-state index is 0.234. The van der Waals surface area contributed by atoms with Crippen LogP contribution in [0.2, 0.25) is 0 Å². The van der Waals surface area contributed by atoms with E-state index >= 15 is 0 Å². The number of nitrogens with two attached hydrogens (primary N) is 1. The van der Waals surface area contributed by atoms with E-state index in [-0.39, 0.29) is 5.95 Å². The second-order valence-electron chi connectivity index (χ2n) is 2.91. The van der Waals surface area contributed by atoms with Gasteiger partial charge in [-0.3, -0.25) is 0 Å². The zero-order chi connectivity index (χ0) is 8.27. The second kappa shape index (κ2) is 3.27. The number of aromatic nitrogens is 3. The Morgan fingerprint density at radius 2 is 2.18 bits per heavy atom. The first-order valence-electron chi connectivity index (χ1n) is 3.62. The lowest BCUT2D eigenvalue weighted by Gasteiger charge is -2.01. The molecule has 0 radical (unpaired) electrons. The molecule has 0 aliphatic carbocycles. The molecule has 0 aliphatic rings.